The van der Waals surface area contributed by atoms with Gasteiger partial charge in [0.25, 0.3) is 0 Å². The summed E-state index contributed by atoms with van der Waals surface area (Å²) in [6.45, 7) is 2.81. The zero-order valence-corrected chi connectivity index (χ0v) is 9.26. The van der Waals surface area contributed by atoms with Gasteiger partial charge in [0.05, 0.1) is 24.2 Å². The summed E-state index contributed by atoms with van der Waals surface area (Å²) < 4.78 is 5.46. The van der Waals surface area contributed by atoms with Gasteiger partial charge in [-0.15, -0.1) is 0 Å². The van der Waals surface area contributed by atoms with Crippen LogP contribution in [0, 0.1) is 0 Å². The highest BCUT2D eigenvalue weighted by Gasteiger charge is 2.00. The lowest BCUT2D eigenvalue weighted by Crippen LogP contribution is -1.95. The fourth-order valence-corrected chi connectivity index (χ4v) is 1.35. The Morgan fingerprint density at radius 2 is 1.94 bits per heavy atom. The van der Waals surface area contributed by atoms with Gasteiger partial charge in [-0.1, -0.05) is 13.0 Å². The molecule has 0 spiro atoms. The first kappa shape index (κ1) is 10.6. The number of hydrogen-bond acceptors (Lipinski definition) is 3. The summed E-state index contributed by atoms with van der Waals surface area (Å²) in [5.74, 6) is 0.807. The first-order valence-electron chi connectivity index (χ1n) is 5.40. The zero-order chi connectivity index (χ0) is 11.2. The van der Waals surface area contributed by atoms with Crippen molar-refractivity contribution in [3.05, 3.63) is 42.7 Å². The molecule has 3 heteroatoms. The molecule has 0 radical (unpaired) electrons. The molecule has 82 valence electrons. The summed E-state index contributed by atoms with van der Waals surface area (Å²) in [4.78, 5) is 8.55. The Morgan fingerprint density at radius 3 is 2.56 bits per heavy atom. The highest BCUT2D eigenvalue weighted by molar-refractivity contribution is 5.53. The van der Waals surface area contributed by atoms with Crippen molar-refractivity contribution in [1.82, 2.24) is 9.97 Å². The number of rotatable bonds is 4. The van der Waals surface area contributed by atoms with Gasteiger partial charge in [-0.2, -0.15) is 0 Å². The summed E-state index contributed by atoms with van der Waals surface area (Å²) in [5, 5.41) is 0. The van der Waals surface area contributed by atoms with Crippen molar-refractivity contribution in [1.29, 1.82) is 0 Å². The summed E-state index contributed by atoms with van der Waals surface area (Å²) in [6.07, 6.45) is 4.50. The third kappa shape index (κ3) is 2.57. The Balaban J connectivity index is 2.13. The van der Waals surface area contributed by atoms with Gasteiger partial charge in [-0.3, -0.25) is 9.97 Å². The maximum atomic E-state index is 5.46. The third-order valence-electron chi connectivity index (χ3n) is 2.14. The van der Waals surface area contributed by atoms with Crippen LogP contribution in [0.3, 0.4) is 0 Å². The van der Waals surface area contributed by atoms with Crippen LogP contribution in [0.4, 0.5) is 0 Å². The van der Waals surface area contributed by atoms with Crippen molar-refractivity contribution in [2.75, 3.05) is 6.61 Å². The monoisotopic (exact) mass is 214 g/mol. The lowest BCUT2D eigenvalue weighted by atomic mass is 10.2. The lowest BCUT2D eigenvalue weighted by Gasteiger charge is -2.04. The van der Waals surface area contributed by atoms with Crippen LogP contribution in [0.15, 0.2) is 42.7 Å². The van der Waals surface area contributed by atoms with Crippen LogP contribution in [0.25, 0.3) is 11.4 Å². The molecule has 0 fully saturated rings. The van der Waals surface area contributed by atoms with Crippen molar-refractivity contribution >= 4 is 0 Å². The molecule has 0 amide bonds. The maximum Gasteiger partial charge on any atom is 0.137 e. The van der Waals surface area contributed by atoms with Crippen molar-refractivity contribution in [3.8, 4) is 17.1 Å². The molecule has 0 saturated carbocycles. The molecule has 0 aliphatic rings. The van der Waals surface area contributed by atoms with E-state index in [1.54, 1.807) is 12.4 Å². The second-order valence-electron chi connectivity index (χ2n) is 3.44. The molecule has 2 aromatic rings. The smallest absolute Gasteiger partial charge is 0.137 e. The van der Waals surface area contributed by atoms with Crippen molar-refractivity contribution in [2.24, 2.45) is 0 Å². The molecule has 0 N–H and O–H groups in total. The highest BCUT2D eigenvalue weighted by atomic mass is 16.5. The molecule has 0 bridgehead atoms. The van der Waals surface area contributed by atoms with E-state index in [9.17, 15) is 0 Å². The van der Waals surface area contributed by atoms with Crippen LogP contribution in [0.5, 0.6) is 5.75 Å². The van der Waals surface area contributed by atoms with Crippen molar-refractivity contribution < 1.29 is 4.74 Å². The van der Waals surface area contributed by atoms with E-state index in [1.165, 1.54) is 0 Å². The molecule has 0 aliphatic carbocycles. The standard InChI is InChI=1S/C13H14N2O/c1-2-9-16-11-6-7-13(15-10-11)12-5-3-4-8-14-12/h3-8,10H,2,9H2,1H3. The van der Waals surface area contributed by atoms with Gasteiger partial charge in [0, 0.05) is 6.20 Å². The summed E-state index contributed by atoms with van der Waals surface area (Å²) in [5.41, 5.74) is 1.74. The highest BCUT2D eigenvalue weighted by Crippen LogP contribution is 2.16. The van der Waals surface area contributed by atoms with Gasteiger partial charge in [0.1, 0.15) is 5.75 Å². The van der Waals surface area contributed by atoms with Gasteiger partial charge in [-0.25, -0.2) is 0 Å². The topological polar surface area (TPSA) is 35.0 Å². The third-order valence-corrected chi connectivity index (χ3v) is 2.14. The minimum atomic E-state index is 0.727. The van der Waals surface area contributed by atoms with E-state index in [0.717, 1.165) is 30.2 Å². The van der Waals surface area contributed by atoms with E-state index in [-0.39, 0.29) is 0 Å². The molecule has 2 aromatic heterocycles. The average Bonchev–Trinajstić information content (AvgIpc) is 2.38. The minimum absolute atomic E-state index is 0.727. The van der Waals surface area contributed by atoms with Gasteiger partial charge in [0.2, 0.25) is 0 Å². The molecule has 16 heavy (non-hydrogen) atoms. The Morgan fingerprint density at radius 1 is 1.06 bits per heavy atom. The molecule has 0 saturated heterocycles. The fourth-order valence-electron chi connectivity index (χ4n) is 1.35. The Hall–Kier alpha value is -1.90. The molecule has 0 aromatic carbocycles. The van der Waals surface area contributed by atoms with Crippen LogP contribution < -0.4 is 4.74 Å². The van der Waals surface area contributed by atoms with Crippen LogP contribution in [0.2, 0.25) is 0 Å². The fraction of sp³-hybridized carbons (Fsp3) is 0.231. The second kappa shape index (κ2) is 5.26. The van der Waals surface area contributed by atoms with Crippen LogP contribution in [0.1, 0.15) is 13.3 Å². The first-order chi connectivity index (χ1) is 7.90. The molecule has 0 unspecified atom stereocenters. The second-order valence-corrected chi connectivity index (χ2v) is 3.44. The van der Waals surface area contributed by atoms with E-state index in [4.69, 9.17) is 4.74 Å². The SMILES string of the molecule is CCCOc1ccc(-c2ccccn2)nc1. The van der Waals surface area contributed by atoms with E-state index < -0.39 is 0 Å². The van der Waals surface area contributed by atoms with Gasteiger partial charge in [0.15, 0.2) is 0 Å². The quantitative estimate of drug-likeness (QED) is 0.784. The van der Waals surface area contributed by atoms with Crippen molar-refractivity contribution in [2.45, 2.75) is 13.3 Å². The lowest BCUT2D eigenvalue weighted by molar-refractivity contribution is 0.316. The predicted molar refractivity (Wildman–Crippen MR) is 63.3 cm³/mol. The number of aromatic nitrogens is 2. The van der Waals surface area contributed by atoms with Crippen LogP contribution in [-0.4, -0.2) is 16.6 Å². The van der Waals surface area contributed by atoms with Gasteiger partial charge >= 0.3 is 0 Å². The normalized spacial score (nSPS) is 10.1. The Bertz CT molecular complexity index is 425. The molecule has 0 atom stereocenters. The van der Waals surface area contributed by atoms with Gasteiger partial charge in [-0.05, 0) is 30.7 Å². The molecular formula is C13H14N2O. The van der Waals surface area contributed by atoms with E-state index in [1.807, 2.05) is 30.3 Å². The van der Waals surface area contributed by atoms with Crippen LogP contribution >= 0.6 is 0 Å². The molecular weight excluding hydrogens is 200 g/mol. The first-order valence-corrected chi connectivity index (χ1v) is 5.40. The molecule has 0 aliphatic heterocycles. The maximum absolute atomic E-state index is 5.46. The molecule has 2 rings (SSSR count). The average molecular weight is 214 g/mol. The summed E-state index contributed by atoms with van der Waals surface area (Å²) in [6, 6.07) is 9.63. The Labute approximate surface area is 95.1 Å². The van der Waals surface area contributed by atoms with E-state index >= 15 is 0 Å². The summed E-state index contributed by atoms with van der Waals surface area (Å²) in [7, 11) is 0. The van der Waals surface area contributed by atoms with Crippen LogP contribution in [-0.2, 0) is 0 Å². The van der Waals surface area contributed by atoms with E-state index in [0.29, 0.717) is 0 Å². The largest absolute Gasteiger partial charge is 0.492 e. The number of nitrogens with zero attached hydrogens (tertiary/aromatic N) is 2. The minimum Gasteiger partial charge on any atom is -0.492 e. The molecule has 3 nitrogen and oxygen atoms in total. The van der Waals surface area contributed by atoms with Crippen molar-refractivity contribution in [3.63, 3.8) is 0 Å². The molecule has 2 heterocycles. The number of ether oxygens (including phenoxy) is 1. The number of hydrogen-bond donors (Lipinski definition) is 0. The predicted octanol–water partition coefficient (Wildman–Crippen LogP) is 2.93. The van der Waals surface area contributed by atoms with Gasteiger partial charge < -0.3 is 4.74 Å². The van der Waals surface area contributed by atoms with E-state index in [2.05, 4.69) is 16.9 Å². The zero-order valence-electron chi connectivity index (χ0n) is 9.26. The number of pyridine rings is 2. The Kier molecular flexibility index (Phi) is 3.49. The summed E-state index contributed by atoms with van der Waals surface area (Å²) >= 11 is 0.